The van der Waals surface area contributed by atoms with Gasteiger partial charge in [-0.05, 0) is 30.0 Å². The molecular weight excluding hydrogens is 354 g/mol. The second kappa shape index (κ2) is 6.74. The summed E-state index contributed by atoms with van der Waals surface area (Å²) in [5.41, 5.74) is 1.29. The molecule has 0 bridgehead atoms. The fraction of sp³-hybridized carbons (Fsp3) is 0.133. The van der Waals surface area contributed by atoms with Crippen molar-refractivity contribution in [2.24, 2.45) is 0 Å². The lowest BCUT2D eigenvalue weighted by atomic mass is 10.3. The smallest absolute Gasteiger partial charge is 0.260 e. The zero-order valence-corrected chi connectivity index (χ0v) is 14.4. The zero-order chi connectivity index (χ0) is 16.4. The molecule has 3 rings (SSSR count). The Kier molecular flexibility index (Phi) is 4.70. The maximum atomic E-state index is 12.0. The normalized spacial score (nSPS) is 10.9. The van der Waals surface area contributed by atoms with Crippen LogP contribution in [0, 0.1) is 6.92 Å². The number of carbonyl (C=O) groups is 1. The lowest BCUT2D eigenvalue weighted by Gasteiger charge is -2.06. The molecule has 2 heterocycles. The summed E-state index contributed by atoms with van der Waals surface area (Å²) in [6.07, 6.45) is 0. The van der Waals surface area contributed by atoms with Gasteiger partial charge in [0.15, 0.2) is 5.16 Å². The highest BCUT2D eigenvalue weighted by atomic mass is 35.5. The van der Waals surface area contributed by atoms with E-state index < -0.39 is 0 Å². The maximum absolute atomic E-state index is 12.0. The van der Waals surface area contributed by atoms with E-state index in [0.717, 1.165) is 5.56 Å². The number of carbonyl (C=O) groups excluding carboxylic acids is 1. The number of thioether (sulfide) groups is 1. The van der Waals surface area contributed by atoms with Gasteiger partial charge in [0.05, 0.1) is 21.8 Å². The van der Waals surface area contributed by atoms with Gasteiger partial charge in [-0.25, -0.2) is 4.98 Å². The van der Waals surface area contributed by atoms with Gasteiger partial charge >= 0.3 is 0 Å². The Morgan fingerprint density at radius 3 is 3.00 bits per heavy atom. The van der Waals surface area contributed by atoms with Crippen LogP contribution in [0.25, 0.3) is 10.2 Å². The van der Waals surface area contributed by atoms with Gasteiger partial charge in [0.2, 0.25) is 5.91 Å². The van der Waals surface area contributed by atoms with Crippen molar-refractivity contribution in [3.8, 4) is 0 Å². The lowest BCUT2D eigenvalue weighted by molar-refractivity contribution is -0.113. The second-order valence-corrected chi connectivity index (χ2v) is 7.02. The van der Waals surface area contributed by atoms with E-state index in [2.05, 4.69) is 15.3 Å². The minimum absolute atomic E-state index is 0.129. The number of H-pyrrole nitrogens is 1. The molecule has 0 saturated heterocycles. The number of aromatic nitrogens is 2. The molecule has 0 spiro atoms. The number of anilines is 1. The molecule has 2 aromatic heterocycles. The largest absolute Gasteiger partial charge is 0.324 e. The molecule has 0 aliphatic heterocycles. The summed E-state index contributed by atoms with van der Waals surface area (Å²) in [5.74, 6) is -0.0856. The minimum atomic E-state index is -0.215. The first-order valence-corrected chi connectivity index (χ1v) is 8.94. The number of amides is 1. The predicted octanol–water partition coefficient (Wildman–Crippen LogP) is 3.68. The summed E-state index contributed by atoms with van der Waals surface area (Å²) in [5, 5.41) is 6.14. The van der Waals surface area contributed by atoms with Crippen molar-refractivity contribution in [3.63, 3.8) is 0 Å². The van der Waals surface area contributed by atoms with Crippen LogP contribution in [0.2, 0.25) is 5.02 Å². The van der Waals surface area contributed by atoms with Gasteiger partial charge in [0.25, 0.3) is 5.56 Å². The number of hydrogen-bond acceptors (Lipinski definition) is 5. The van der Waals surface area contributed by atoms with Crippen molar-refractivity contribution in [1.82, 2.24) is 9.97 Å². The van der Waals surface area contributed by atoms with Crippen LogP contribution >= 0.6 is 34.7 Å². The van der Waals surface area contributed by atoms with Gasteiger partial charge in [-0.3, -0.25) is 9.59 Å². The molecule has 1 aromatic carbocycles. The van der Waals surface area contributed by atoms with E-state index >= 15 is 0 Å². The molecule has 0 aliphatic rings. The first-order chi connectivity index (χ1) is 11.0. The number of rotatable bonds is 4. The first-order valence-electron chi connectivity index (χ1n) is 6.70. The highest BCUT2D eigenvalue weighted by Gasteiger charge is 2.11. The average molecular weight is 366 g/mol. The number of nitrogens with one attached hydrogen (secondary N) is 2. The monoisotopic (exact) mass is 365 g/mol. The van der Waals surface area contributed by atoms with E-state index in [-0.39, 0.29) is 17.2 Å². The highest BCUT2D eigenvalue weighted by molar-refractivity contribution is 7.99. The standard InChI is InChI=1S/C15H12ClN3O2S2/c1-8-6-22-14-12(8)13(21)18-15(19-14)23-7-11(20)17-10-5-3-2-4-9(10)16/h2-6H,7H2,1H3,(H,17,20)(H,18,19,21). The van der Waals surface area contributed by atoms with Gasteiger partial charge in [0, 0.05) is 0 Å². The predicted molar refractivity (Wildman–Crippen MR) is 95.8 cm³/mol. The van der Waals surface area contributed by atoms with Crippen LogP contribution in [-0.2, 0) is 4.79 Å². The summed E-state index contributed by atoms with van der Waals surface area (Å²) in [7, 11) is 0. The summed E-state index contributed by atoms with van der Waals surface area (Å²) in [4.78, 5) is 31.8. The molecule has 5 nitrogen and oxygen atoms in total. The Balaban J connectivity index is 1.70. The van der Waals surface area contributed by atoms with Crippen LogP contribution in [0.4, 0.5) is 5.69 Å². The Hall–Kier alpha value is -1.83. The van der Waals surface area contributed by atoms with Crippen LogP contribution < -0.4 is 10.9 Å². The first kappa shape index (κ1) is 16.0. The number of halogens is 1. The van der Waals surface area contributed by atoms with E-state index in [4.69, 9.17) is 11.6 Å². The van der Waals surface area contributed by atoms with Gasteiger partial charge in [0.1, 0.15) is 4.83 Å². The third-order valence-corrected chi connectivity index (χ3v) is 5.29. The number of nitrogens with zero attached hydrogens (tertiary/aromatic N) is 1. The number of hydrogen-bond donors (Lipinski definition) is 2. The fourth-order valence-corrected chi connectivity index (χ4v) is 3.84. The number of aryl methyl sites for hydroxylation is 1. The lowest BCUT2D eigenvalue weighted by Crippen LogP contribution is -2.15. The van der Waals surface area contributed by atoms with Crippen LogP contribution in [0.5, 0.6) is 0 Å². The molecular formula is C15H12ClN3O2S2. The van der Waals surface area contributed by atoms with Crippen molar-refractivity contribution in [2.45, 2.75) is 12.1 Å². The molecule has 8 heteroatoms. The second-order valence-electron chi connectivity index (χ2n) is 4.79. The summed E-state index contributed by atoms with van der Waals surface area (Å²) in [6.45, 7) is 1.87. The number of thiophene rings is 1. The van der Waals surface area contributed by atoms with Gasteiger partial charge in [-0.2, -0.15) is 0 Å². The van der Waals surface area contributed by atoms with Crippen LogP contribution in [0.1, 0.15) is 5.56 Å². The number of para-hydroxylation sites is 1. The van der Waals surface area contributed by atoms with Gasteiger partial charge in [-0.15, -0.1) is 11.3 Å². The molecule has 0 unspecified atom stereocenters. The van der Waals surface area contributed by atoms with E-state index in [9.17, 15) is 9.59 Å². The molecule has 23 heavy (non-hydrogen) atoms. The number of benzene rings is 1. The zero-order valence-electron chi connectivity index (χ0n) is 12.1. The molecule has 0 saturated carbocycles. The molecule has 2 N–H and O–H groups in total. The third-order valence-electron chi connectivity index (χ3n) is 3.09. The summed E-state index contributed by atoms with van der Waals surface area (Å²) < 4.78 is 0. The Morgan fingerprint density at radius 2 is 2.22 bits per heavy atom. The van der Waals surface area contributed by atoms with Crippen molar-refractivity contribution < 1.29 is 4.79 Å². The maximum Gasteiger partial charge on any atom is 0.260 e. The van der Waals surface area contributed by atoms with Crippen molar-refractivity contribution in [1.29, 1.82) is 0 Å². The van der Waals surface area contributed by atoms with E-state index in [1.165, 1.54) is 23.1 Å². The summed E-state index contributed by atoms with van der Waals surface area (Å²) >= 11 is 8.59. The van der Waals surface area contributed by atoms with Crippen molar-refractivity contribution in [2.75, 3.05) is 11.1 Å². The third kappa shape index (κ3) is 3.57. The van der Waals surface area contributed by atoms with Crippen molar-refractivity contribution in [3.05, 3.63) is 50.6 Å². The minimum Gasteiger partial charge on any atom is -0.324 e. The van der Waals surface area contributed by atoms with E-state index in [1.54, 1.807) is 24.3 Å². The van der Waals surface area contributed by atoms with E-state index in [0.29, 0.717) is 26.1 Å². The Bertz CT molecular complexity index is 936. The molecule has 0 aliphatic carbocycles. The SMILES string of the molecule is Cc1csc2nc(SCC(=O)Nc3ccccc3Cl)[nH]c(=O)c12. The van der Waals surface area contributed by atoms with Crippen LogP contribution in [0.3, 0.4) is 0 Å². The molecule has 0 fully saturated rings. The average Bonchev–Trinajstić information content (AvgIpc) is 2.89. The number of fused-ring (bicyclic) bond motifs is 1. The Morgan fingerprint density at radius 1 is 1.43 bits per heavy atom. The van der Waals surface area contributed by atoms with E-state index in [1.807, 2.05) is 12.3 Å². The molecule has 1 amide bonds. The topological polar surface area (TPSA) is 74.8 Å². The van der Waals surface area contributed by atoms with Crippen molar-refractivity contribution >= 4 is 56.5 Å². The quantitative estimate of drug-likeness (QED) is 0.546. The molecule has 3 aromatic rings. The molecule has 0 atom stereocenters. The Labute approximate surface area is 145 Å². The summed E-state index contributed by atoms with van der Waals surface area (Å²) in [6, 6.07) is 7.02. The number of aromatic amines is 1. The fourth-order valence-electron chi connectivity index (χ4n) is 2.02. The highest BCUT2D eigenvalue weighted by Crippen LogP contribution is 2.23. The van der Waals surface area contributed by atoms with Gasteiger partial charge in [-0.1, -0.05) is 35.5 Å². The van der Waals surface area contributed by atoms with Crippen LogP contribution in [0.15, 0.2) is 39.6 Å². The van der Waals surface area contributed by atoms with Gasteiger partial charge < -0.3 is 10.3 Å². The van der Waals surface area contributed by atoms with Crippen LogP contribution in [-0.4, -0.2) is 21.6 Å². The molecule has 118 valence electrons. The molecule has 0 radical (unpaired) electrons.